The van der Waals surface area contributed by atoms with Crippen molar-refractivity contribution in [3.63, 3.8) is 0 Å². The van der Waals surface area contributed by atoms with E-state index >= 15 is 0 Å². The lowest BCUT2D eigenvalue weighted by molar-refractivity contribution is 0.142. The molecule has 1 amide bonds. The quantitative estimate of drug-likeness (QED) is 0.857. The van der Waals surface area contributed by atoms with Gasteiger partial charge in [-0.2, -0.15) is 4.98 Å². The minimum atomic E-state index is -0.901. The number of halogens is 1. The van der Waals surface area contributed by atoms with Crippen LogP contribution in [0.4, 0.5) is 10.8 Å². The van der Waals surface area contributed by atoms with Gasteiger partial charge in [0.2, 0.25) is 5.65 Å². The average molecular weight is 283 g/mol. The third kappa shape index (κ3) is 2.17. The molecule has 3 heterocycles. The molecular weight excluding hydrogens is 272 g/mol. The maximum Gasteiger partial charge on any atom is 0.407 e. The second-order valence-corrected chi connectivity index (χ2v) is 4.61. The fourth-order valence-electron chi connectivity index (χ4n) is 2.02. The van der Waals surface area contributed by atoms with E-state index in [0.717, 1.165) is 0 Å². The number of pyridine rings is 1. The second kappa shape index (κ2) is 4.58. The Bertz CT molecular complexity index is 621. The number of aromatic nitrogens is 2. The topological polar surface area (TPSA) is 82.7 Å². The minimum Gasteiger partial charge on any atom is -0.465 e. The fourth-order valence-corrected chi connectivity index (χ4v) is 2.20. The Morgan fingerprint density at radius 2 is 2.11 bits per heavy atom. The fraction of sp³-hybridized carbons (Fsp3) is 0.364. The van der Waals surface area contributed by atoms with Crippen molar-refractivity contribution in [2.75, 3.05) is 31.1 Å². The number of carbonyl (C=O) groups is 1. The molecule has 1 aliphatic rings. The van der Waals surface area contributed by atoms with Crippen LogP contribution >= 0.6 is 11.6 Å². The smallest absolute Gasteiger partial charge is 0.407 e. The van der Waals surface area contributed by atoms with E-state index in [2.05, 4.69) is 9.97 Å². The van der Waals surface area contributed by atoms with Crippen molar-refractivity contribution in [1.29, 1.82) is 0 Å². The highest BCUT2D eigenvalue weighted by Crippen LogP contribution is 2.26. The monoisotopic (exact) mass is 282 g/mol. The number of carboxylic acid groups (broad SMARTS) is 1. The van der Waals surface area contributed by atoms with Crippen molar-refractivity contribution in [2.24, 2.45) is 0 Å². The molecule has 0 spiro atoms. The molecule has 0 unspecified atom stereocenters. The Kier molecular flexibility index (Phi) is 2.90. The van der Waals surface area contributed by atoms with E-state index in [9.17, 15) is 4.79 Å². The van der Waals surface area contributed by atoms with Crippen molar-refractivity contribution >= 4 is 34.9 Å². The van der Waals surface area contributed by atoms with E-state index in [0.29, 0.717) is 48.4 Å². The first-order valence-corrected chi connectivity index (χ1v) is 6.17. The second-order valence-electron chi connectivity index (χ2n) is 4.20. The van der Waals surface area contributed by atoms with Gasteiger partial charge in [-0.05, 0) is 6.07 Å². The van der Waals surface area contributed by atoms with Crippen LogP contribution in [0.3, 0.4) is 0 Å². The van der Waals surface area contributed by atoms with Crippen LogP contribution in [0.1, 0.15) is 0 Å². The molecule has 0 atom stereocenters. The third-order valence-electron chi connectivity index (χ3n) is 3.05. The molecule has 1 aliphatic heterocycles. The molecule has 7 nitrogen and oxygen atoms in total. The number of hydrogen-bond donors (Lipinski definition) is 1. The molecule has 1 fully saturated rings. The summed E-state index contributed by atoms with van der Waals surface area (Å²) in [5.74, 6) is 0. The van der Waals surface area contributed by atoms with Crippen molar-refractivity contribution < 1.29 is 14.3 Å². The van der Waals surface area contributed by atoms with Crippen LogP contribution in [0.25, 0.3) is 11.2 Å². The largest absolute Gasteiger partial charge is 0.465 e. The lowest BCUT2D eigenvalue weighted by Crippen LogP contribution is -2.48. The lowest BCUT2D eigenvalue weighted by Gasteiger charge is -2.31. The highest BCUT2D eigenvalue weighted by molar-refractivity contribution is 6.34. The minimum absolute atomic E-state index is 0.426. The van der Waals surface area contributed by atoms with Crippen molar-refractivity contribution in [2.45, 2.75) is 0 Å². The van der Waals surface area contributed by atoms with Gasteiger partial charge in [-0.15, -0.1) is 0 Å². The van der Waals surface area contributed by atoms with E-state index < -0.39 is 6.09 Å². The number of anilines is 1. The van der Waals surface area contributed by atoms with Crippen LogP contribution in [0, 0.1) is 0 Å². The third-order valence-corrected chi connectivity index (χ3v) is 3.35. The van der Waals surface area contributed by atoms with Gasteiger partial charge in [0.15, 0.2) is 5.58 Å². The molecular formula is C11H11ClN4O3. The molecule has 2 aromatic rings. The van der Waals surface area contributed by atoms with E-state index in [1.165, 1.54) is 4.90 Å². The zero-order chi connectivity index (χ0) is 13.4. The maximum absolute atomic E-state index is 10.8. The van der Waals surface area contributed by atoms with E-state index in [-0.39, 0.29) is 0 Å². The summed E-state index contributed by atoms with van der Waals surface area (Å²) >= 11 is 6.00. The zero-order valence-electron chi connectivity index (χ0n) is 9.91. The van der Waals surface area contributed by atoms with Gasteiger partial charge < -0.3 is 19.3 Å². The van der Waals surface area contributed by atoms with Gasteiger partial charge in [0.05, 0.1) is 5.02 Å². The van der Waals surface area contributed by atoms with Gasteiger partial charge in [0.25, 0.3) is 6.01 Å². The number of fused-ring (bicyclic) bond motifs is 1. The number of oxazole rings is 1. The van der Waals surface area contributed by atoms with E-state index in [4.69, 9.17) is 21.1 Å². The molecule has 19 heavy (non-hydrogen) atoms. The van der Waals surface area contributed by atoms with Gasteiger partial charge in [-0.1, -0.05) is 11.6 Å². The number of piperazine rings is 1. The normalized spacial score (nSPS) is 16.1. The molecule has 3 rings (SSSR count). The Morgan fingerprint density at radius 3 is 2.74 bits per heavy atom. The van der Waals surface area contributed by atoms with Crippen LogP contribution in [-0.4, -0.2) is 52.2 Å². The molecule has 0 aromatic carbocycles. The average Bonchev–Trinajstić information content (AvgIpc) is 2.84. The summed E-state index contributed by atoms with van der Waals surface area (Å²) in [6.45, 7) is 1.93. The molecule has 8 heteroatoms. The molecule has 0 saturated carbocycles. The number of rotatable bonds is 1. The van der Waals surface area contributed by atoms with E-state index in [1.54, 1.807) is 12.3 Å². The first-order valence-electron chi connectivity index (χ1n) is 5.79. The summed E-state index contributed by atoms with van der Waals surface area (Å²) in [6.07, 6.45) is 0.668. The highest BCUT2D eigenvalue weighted by atomic mass is 35.5. The maximum atomic E-state index is 10.8. The van der Waals surface area contributed by atoms with Crippen LogP contribution in [0.15, 0.2) is 16.7 Å². The summed E-state index contributed by atoms with van der Waals surface area (Å²) in [5, 5.41) is 9.35. The SMILES string of the molecule is O=C(O)N1CCN(c2nc3nccc(Cl)c3o2)CC1. The van der Waals surface area contributed by atoms with Crippen LogP contribution < -0.4 is 4.90 Å². The summed E-state index contributed by atoms with van der Waals surface area (Å²) in [4.78, 5) is 22.4. The molecule has 1 saturated heterocycles. The summed E-state index contributed by atoms with van der Waals surface area (Å²) in [5.41, 5.74) is 0.919. The lowest BCUT2D eigenvalue weighted by atomic mass is 10.3. The first kappa shape index (κ1) is 12.0. The Labute approximate surface area is 113 Å². The predicted octanol–water partition coefficient (Wildman–Crippen LogP) is 1.68. The molecule has 100 valence electrons. The molecule has 0 bridgehead atoms. The van der Waals surface area contributed by atoms with Gasteiger partial charge in [-0.3, -0.25) is 0 Å². The summed E-state index contributed by atoms with van der Waals surface area (Å²) < 4.78 is 5.59. The molecule has 1 N–H and O–H groups in total. The van der Waals surface area contributed by atoms with Crippen molar-refractivity contribution in [3.8, 4) is 0 Å². The van der Waals surface area contributed by atoms with Crippen molar-refractivity contribution in [1.82, 2.24) is 14.9 Å². The van der Waals surface area contributed by atoms with Crippen LogP contribution in [-0.2, 0) is 0 Å². The molecule has 0 radical (unpaired) electrons. The summed E-state index contributed by atoms with van der Waals surface area (Å²) in [7, 11) is 0. The van der Waals surface area contributed by atoms with Crippen molar-refractivity contribution in [3.05, 3.63) is 17.3 Å². The highest BCUT2D eigenvalue weighted by Gasteiger charge is 2.24. The van der Waals surface area contributed by atoms with E-state index in [1.807, 2.05) is 4.90 Å². The van der Waals surface area contributed by atoms with Crippen LogP contribution in [0.2, 0.25) is 5.02 Å². The van der Waals surface area contributed by atoms with Gasteiger partial charge in [-0.25, -0.2) is 9.78 Å². The van der Waals surface area contributed by atoms with Gasteiger partial charge in [0.1, 0.15) is 0 Å². The molecule has 0 aliphatic carbocycles. The number of nitrogens with zero attached hydrogens (tertiary/aromatic N) is 4. The summed E-state index contributed by atoms with van der Waals surface area (Å²) in [6, 6.07) is 2.07. The number of hydrogen-bond acceptors (Lipinski definition) is 5. The number of amides is 1. The predicted molar refractivity (Wildman–Crippen MR) is 68.6 cm³/mol. The Morgan fingerprint density at radius 1 is 1.37 bits per heavy atom. The first-order chi connectivity index (χ1) is 9.15. The van der Waals surface area contributed by atoms with Gasteiger partial charge in [0, 0.05) is 32.4 Å². The standard InChI is InChI=1S/C11H11ClN4O3/c12-7-1-2-13-9-8(7)19-10(14-9)15-3-5-16(6-4-15)11(17)18/h1-2H,3-6H2,(H,17,18). The molecule has 2 aromatic heterocycles. The van der Waals surface area contributed by atoms with Gasteiger partial charge >= 0.3 is 6.09 Å². The zero-order valence-corrected chi connectivity index (χ0v) is 10.7. The Balaban J connectivity index is 1.82. The van der Waals surface area contributed by atoms with Crippen LogP contribution in [0.5, 0.6) is 0 Å². The Hall–Kier alpha value is -2.02.